The maximum Gasteiger partial charge on any atom is 0.321 e. The van der Waals surface area contributed by atoms with E-state index in [9.17, 15) is 4.79 Å². The van der Waals surface area contributed by atoms with Crippen molar-refractivity contribution in [3.8, 4) is 11.3 Å². The molecule has 2 N–H and O–H groups in total. The summed E-state index contributed by atoms with van der Waals surface area (Å²) in [6, 6.07) is 9.80. The molecule has 0 saturated carbocycles. The van der Waals surface area contributed by atoms with E-state index >= 15 is 0 Å². The Morgan fingerprint density at radius 3 is 2.76 bits per heavy atom. The van der Waals surface area contributed by atoms with E-state index in [1.54, 1.807) is 6.20 Å². The third-order valence-electron chi connectivity index (χ3n) is 5.70. The molecule has 2 aliphatic rings. The Morgan fingerprint density at radius 2 is 2.00 bits per heavy atom. The molecule has 0 radical (unpaired) electrons. The number of benzene rings is 1. The number of amides is 2. The van der Waals surface area contributed by atoms with E-state index in [1.807, 2.05) is 35.2 Å². The van der Waals surface area contributed by atoms with Crippen LogP contribution in [0.3, 0.4) is 0 Å². The van der Waals surface area contributed by atoms with E-state index in [2.05, 4.69) is 27.5 Å². The summed E-state index contributed by atoms with van der Waals surface area (Å²) < 4.78 is 0. The van der Waals surface area contributed by atoms with Gasteiger partial charge in [-0.1, -0.05) is 12.1 Å². The molecule has 25 heavy (non-hydrogen) atoms. The lowest BCUT2D eigenvalue weighted by Gasteiger charge is -2.37. The first-order chi connectivity index (χ1) is 12.1. The zero-order chi connectivity index (χ0) is 17.3. The van der Waals surface area contributed by atoms with Crippen LogP contribution >= 0.6 is 0 Å². The fourth-order valence-electron chi connectivity index (χ4n) is 3.99. The summed E-state index contributed by atoms with van der Waals surface area (Å²) in [6.45, 7) is 4.02. The van der Waals surface area contributed by atoms with Crippen molar-refractivity contribution in [1.82, 2.24) is 20.0 Å². The summed E-state index contributed by atoms with van der Waals surface area (Å²) in [5.41, 5.74) is 3.12. The number of urea groups is 1. The van der Waals surface area contributed by atoms with Crippen LogP contribution in [0, 0.1) is 5.41 Å². The number of anilines is 1. The third kappa shape index (κ3) is 3.39. The molecule has 3 heterocycles. The SMILES string of the molecule is CN1CCC2(CC1)CCN(C(=O)Nc1cccc(-c3ccn[nH]3)c1)C2. The summed E-state index contributed by atoms with van der Waals surface area (Å²) in [5, 5.41) is 10.00. The van der Waals surface area contributed by atoms with Gasteiger partial charge in [-0.2, -0.15) is 5.10 Å². The highest BCUT2D eigenvalue weighted by Gasteiger charge is 2.41. The van der Waals surface area contributed by atoms with Crippen LogP contribution in [0.2, 0.25) is 0 Å². The quantitative estimate of drug-likeness (QED) is 0.884. The molecule has 6 heteroatoms. The van der Waals surface area contributed by atoms with Crippen molar-refractivity contribution in [3.63, 3.8) is 0 Å². The molecule has 132 valence electrons. The zero-order valence-corrected chi connectivity index (χ0v) is 14.7. The van der Waals surface area contributed by atoms with Gasteiger partial charge in [-0.15, -0.1) is 0 Å². The normalized spacial score (nSPS) is 20.1. The van der Waals surface area contributed by atoms with E-state index < -0.39 is 0 Å². The second kappa shape index (κ2) is 6.52. The number of hydrogen-bond acceptors (Lipinski definition) is 3. The van der Waals surface area contributed by atoms with Crippen LogP contribution in [-0.2, 0) is 0 Å². The largest absolute Gasteiger partial charge is 0.324 e. The Morgan fingerprint density at radius 1 is 1.20 bits per heavy atom. The number of carbonyl (C=O) groups is 1. The fourth-order valence-corrected chi connectivity index (χ4v) is 3.99. The number of H-pyrrole nitrogens is 1. The molecule has 1 spiro atoms. The smallest absolute Gasteiger partial charge is 0.321 e. The van der Waals surface area contributed by atoms with Crippen LogP contribution in [0.5, 0.6) is 0 Å². The molecular weight excluding hydrogens is 314 g/mol. The maximum atomic E-state index is 12.7. The van der Waals surface area contributed by atoms with Crippen molar-refractivity contribution < 1.29 is 4.79 Å². The van der Waals surface area contributed by atoms with Crippen molar-refractivity contribution in [2.24, 2.45) is 5.41 Å². The van der Waals surface area contributed by atoms with Gasteiger partial charge in [0.1, 0.15) is 0 Å². The van der Waals surface area contributed by atoms with Gasteiger partial charge in [0.05, 0.1) is 5.69 Å². The average molecular weight is 339 g/mol. The minimum Gasteiger partial charge on any atom is -0.324 e. The second-order valence-corrected chi connectivity index (χ2v) is 7.46. The molecule has 4 rings (SSSR count). The molecule has 0 aliphatic carbocycles. The van der Waals surface area contributed by atoms with Crippen LogP contribution in [0.25, 0.3) is 11.3 Å². The topological polar surface area (TPSA) is 64.3 Å². The Kier molecular flexibility index (Phi) is 4.21. The molecule has 2 amide bonds. The molecule has 0 atom stereocenters. The van der Waals surface area contributed by atoms with Gasteiger partial charge in [0.15, 0.2) is 0 Å². The molecule has 0 unspecified atom stereocenters. The second-order valence-electron chi connectivity index (χ2n) is 7.46. The number of hydrogen-bond donors (Lipinski definition) is 2. The molecule has 2 aliphatic heterocycles. The highest BCUT2D eigenvalue weighted by Crippen LogP contribution is 2.40. The van der Waals surface area contributed by atoms with Gasteiger partial charge >= 0.3 is 6.03 Å². The molecule has 2 aromatic rings. The monoisotopic (exact) mass is 339 g/mol. The summed E-state index contributed by atoms with van der Waals surface area (Å²) >= 11 is 0. The predicted molar refractivity (Wildman–Crippen MR) is 98.4 cm³/mol. The van der Waals surface area contributed by atoms with Gasteiger partial charge in [0.2, 0.25) is 0 Å². The highest BCUT2D eigenvalue weighted by atomic mass is 16.2. The predicted octanol–water partition coefficient (Wildman–Crippen LogP) is 3.03. The lowest BCUT2D eigenvalue weighted by molar-refractivity contribution is 0.129. The van der Waals surface area contributed by atoms with Gasteiger partial charge in [0, 0.05) is 30.5 Å². The number of nitrogens with one attached hydrogen (secondary N) is 2. The summed E-state index contributed by atoms with van der Waals surface area (Å²) in [7, 11) is 2.18. The van der Waals surface area contributed by atoms with Crippen molar-refractivity contribution >= 4 is 11.7 Å². The fraction of sp³-hybridized carbons (Fsp3) is 0.474. The molecule has 6 nitrogen and oxygen atoms in total. The van der Waals surface area contributed by atoms with Crippen LogP contribution in [-0.4, -0.2) is 59.3 Å². The Balaban J connectivity index is 1.40. The van der Waals surface area contributed by atoms with Gasteiger partial charge in [0.25, 0.3) is 0 Å². The first-order valence-corrected chi connectivity index (χ1v) is 8.98. The van der Waals surface area contributed by atoms with Crippen molar-refractivity contribution in [2.75, 3.05) is 38.5 Å². The van der Waals surface area contributed by atoms with Crippen LogP contribution in [0.1, 0.15) is 19.3 Å². The maximum absolute atomic E-state index is 12.7. The highest BCUT2D eigenvalue weighted by molar-refractivity contribution is 5.90. The lowest BCUT2D eigenvalue weighted by Crippen LogP contribution is -2.41. The van der Waals surface area contributed by atoms with E-state index in [1.165, 1.54) is 12.8 Å². The Bertz CT molecular complexity index is 734. The summed E-state index contributed by atoms with van der Waals surface area (Å²) in [4.78, 5) is 17.1. The minimum atomic E-state index is 0.0116. The van der Waals surface area contributed by atoms with Crippen LogP contribution in [0.15, 0.2) is 36.5 Å². The average Bonchev–Trinajstić information content (AvgIpc) is 3.29. The Labute approximate surface area is 148 Å². The van der Waals surface area contributed by atoms with E-state index in [0.29, 0.717) is 5.41 Å². The van der Waals surface area contributed by atoms with Crippen LogP contribution < -0.4 is 5.32 Å². The van der Waals surface area contributed by atoms with E-state index in [4.69, 9.17) is 0 Å². The number of likely N-dealkylation sites (tertiary alicyclic amines) is 2. The van der Waals surface area contributed by atoms with Crippen molar-refractivity contribution in [3.05, 3.63) is 36.5 Å². The van der Waals surface area contributed by atoms with Crippen molar-refractivity contribution in [1.29, 1.82) is 0 Å². The summed E-state index contributed by atoms with van der Waals surface area (Å²) in [6.07, 6.45) is 5.25. The molecular formula is C19H25N5O. The summed E-state index contributed by atoms with van der Waals surface area (Å²) in [5.74, 6) is 0. The molecule has 1 aromatic carbocycles. The van der Waals surface area contributed by atoms with Gasteiger partial charge in [-0.3, -0.25) is 5.10 Å². The number of piperidine rings is 1. The standard InChI is InChI=1S/C19H25N5O/c1-23-10-6-19(7-11-23)8-12-24(14-19)18(25)21-16-4-2-3-15(13-16)17-5-9-20-22-17/h2-5,9,13H,6-8,10-12,14H2,1H3,(H,20,22)(H,21,25). The number of carbonyl (C=O) groups excluding carboxylic acids is 1. The molecule has 2 fully saturated rings. The molecule has 1 aromatic heterocycles. The molecule has 0 bridgehead atoms. The van der Waals surface area contributed by atoms with Crippen molar-refractivity contribution in [2.45, 2.75) is 19.3 Å². The minimum absolute atomic E-state index is 0.0116. The van der Waals surface area contributed by atoms with E-state index in [0.717, 1.165) is 49.5 Å². The van der Waals surface area contributed by atoms with Crippen LogP contribution in [0.4, 0.5) is 10.5 Å². The van der Waals surface area contributed by atoms with Gasteiger partial charge in [-0.05, 0) is 63.0 Å². The zero-order valence-electron chi connectivity index (χ0n) is 14.7. The number of nitrogens with zero attached hydrogens (tertiary/aromatic N) is 3. The first kappa shape index (κ1) is 16.1. The van der Waals surface area contributed by atoms with E-state index in [-0.39, 0.29) is 6.03 Å². The third-order valence-corrected chi connectivity index (χ3v) is 5.70. The number of rotatable bonds is 2. The Hall–Kier alpha value is -2.34. The first-order valence-electron chi connectivity index (χ1n) is 8.98. The number of aromatic amines is 1. The van der Waals surface area contributed by atoms with Gasteiger partial charge < -0.3 is 15.1 Å². The number of aromatic nitrogens is 2. The lowest BCUT2D eigenvalue weighted by atomic mass is 9.78. The van der Waals surface area contributed by atoms with Gasteiger partial charge in [-0.25, -0.2) is 4.79 Å². The molecule has 2 saturated heterocycles.